The summed E-state index contributed by atoms with van der Waals surface area (Å²) in [5.41, 5.74) is 8.58. The van der Waals surface area contributed by atoms with Crippen LogP contribution in [0.5, 0.6) is 0 Å². The van der Waals surface area contributed by atoms with Crippen molar-refractivity contribution in [2.75, 3.05) is 18.0 Å². The molecule has 1 saturated heterocycles. The second kappa shape index (κ2) is 9.34. The first-order chi connectivity index (χ1) is 17.5. The summed E-state index contributed by atoms with van der Waals surface area (Å²) in [5.74, 6) is 5.88. The molecule has 2 N–H and O–H groups in total. The number of aromatic nitrogens is 2. The minimum atomic E-state index is -1.34. The molecule has 3 aliphatic rings. The number of rotatable bonds is 3. The van der Waals surface area contributed by atoms with Gasteiger partial charge in [-0.1, -0.05) is 40.5 Å². The fourth-order valence-electron chi connectivity index (χ4n) is 5.31. The Morgan fingerprint density at radius 1 is 1.27 bits per heavy atom. The number of carbonyl (C=O) groups excluding carboxylic acids is 1. The van der Waals surface area contributed by atoms with E-state index in [9.17, 15) is 14.1 Å². The van der Waals surface area contributed by atoms with Gasteiger partial charge in [0.05, 0.1) is 12.1 Å². The van der Waals surface area contributed by atoms with Crippen molar-refractivity contribution in [2.24, 2.45) is 34.4 Å². The highest BCUT2D eigenvalue weighted by Crippen LogP contribution is 2.46. The van der Waals surface area contributed by atoms with Gasteiger partial charge in [0.25, 0.3) is 5.56 Å². The lowest BCUT2D eigenvalue weighted by molar-refractivity contribution is -0.119. The van der Waals surface area contributed by atoms with Gasteiger partial charge >= 0.3 is 0 Å². The van der Waals surface area contributed by atoms with E-state index < -0.39 is 16.1 Å². The molecule has 2 aromatic rings. The zero-order valence-electron chi connectivity index (χ0n) is 21.8. The first-order valence-corrected chi connectivity index (χ1v) is 13.8. The zero-order valence-corrected chi connectivity index (χ0v) is 22.6. The van der Waals surface area contributed by atoms with Gasteiger partial charge in [-0.15, -0.1) is 0 Å². The number of primary amides is 1. The topological polar surface area (TPSA) is 117 Å². The minimum Gasteiger partial charge on any atom is -0.591 e. The van der Waals surface area contributed by atoms with E-state index in [2.05, 4.69) is 33.9 Å². The Balaban J connectivity index is 1.36. The lowest BCUT2D eigenvalue weighted by Crippen LogP contribution is -2.46. The van der Waals surface area contributed by atoms with Gasteiger partial charge in [0.1, 0.15) is 27.4 Å². The van der Waals surface area contributed by atoms with Crippen LogP contribution >= 0.6 is 0 Å². The molecule has 9 heteroatoms. The number of nitrogens with zero attached hydrogens (tertiary/aromatic N) is 4. The average molecular weight is 520 g/mol. The van der Waals surface area contributed by atoms with Crippen molar-refractivity contribution in [3.63, 3.8) is 0 Å². The predicted molar refractivity (Wildman–Crippen MR) is 146 cm³/mol. The van der Waals surface area contributed by atoms with Crippen LogP contribution in [0.2, 0.25) is 0 Å². The molecule has 194 valence electrons. The zero-order chi connectivity index (χ0) is 26.5. The normalized spacial score (nSPS) is 23.9. The molecular weight excluding hydrogens is 486 g/mol. The van der Waals surface area contributed by atoms with Gasteiger partial charge in [0.2, 0.25) is 11.9 Å². The average Bonchev–Trinajstić information content (AvgIpc) is 3.58. The molecular formula is C28H33N5O3S. The van der Waals surface area contributed by atoms with Crippen molar-refractivity contribution in [1.82, 2.24) is 9.55 Å². The Morgan fingerprint density at radius 3 is 2.62 bits per heavy atom. The molecule has 37 heavy (non-hydrogen) atoms. The molecule has 2 fully saturated rings. The van der Waals surface area contributed by atoms with Gasteiger partial charge in [0.15, 0.2) is 0 Å². The SMILES string of the molecule is Cn1c(N2CCC3(CC2)Cc2ccccc2/C3=N\[S+]([O-])C(C)(C)C)ncc(C#CC2CC2C(N)=O)c1=O. The third-order valence-corrected chi connectivity index (χ3v) is 9.09. The van der Waals surface area contributed by atoms with Crippen molar-refractivity contribution in [3.8, 4) is 11.8 Å². The molecule has 1 aliphatic heterocycles. The van der Waals surface area contributed by atoms with Crippen LogP contribution in [0, 0.1) is 29.1 Å². The van der Waals surface area contributed by atoms with E-state index in [-0.39, 0.29) is 28.7 Å². The molecule has 1 saturated carbocycles. The molecule has 1 aromatic carbocycles. The summed E-state index contributed by atoms with van der Waals surface area (Å²) in [6.45, 7) is 7.27. The number of fused-ring (bicyclic) bond motifs is 1. The number of amides is 1. The molecule has 0 bridgehead atoms. The third kappa shape index (κ3) is 4.80. The molecule has 2 heterocycles. The van der Waals surface area contributed by atoms with E-state index >= 15 is 0 Å². The molecule has 1 amide bonds. The maximum atomic E-state index is 13.0. The largest absolute Gasteiger partial charge is 0.591 e. The maximum absolute atomic E-state index is 13.0. The van der Waals surface area contributed by atoms with Crippen molar-refractivity contribution < 1.29 is 9.35 Å². The molecule has 0 radical (unpaired) electrons. The lowest BCUT2D eigenvalue weighted by Gasteiger charge is -2.40. The van der Waals surface area contributed by atoms with Crippen molar-refractivity contribution in [3.05, 3.63) is 57.5 Å². The Morgan fingerprint density at radius 2 is 1.97 bits per heavy atom. The van der Waals surface area contributed by atoms with Crippen LogP contribution in [-0.2, 0) is 29.6 Å². The molecule has 1 spiro atoms. The first-order valence-electron chi connectivity index (χ1n) is 12.7. The fourth-order valence-corrected chi connectivity index (χ4v) is 6.04. The molecule has 3 atom stereocenters. The van der Waals surface area contributed by atoms with Crippen LogP contribution < -0.4 is 16.2 Å². The van der Waals surface area contributed by atoms with Crippen molar-refractivity contribution in [2.45, 2.75) is 51.2 Å². The summed E-state index contributed by atoms with van der Waals surface area (Å²) < 4.78 is 19.0. The van der Waals surface area contributed by atoms with Gasteiger partial charge < -0.3 is 15.2 Å². The summed E-state index contributed by atoms with van der Waals surface area (Å²) in [6.07, 6.45) is 4.72. The maximum Gasteiger partial charge on any atom is 0.270 e. The second-order valence-corrected chi connectivity index (χ2v) is 13.3. The minimum absolute atomic E-state index is 0.0702. The Bertz CT molecular complexity index is 1390. The summed E-state index contributed by atoms with van der Waals surface area (Å²) in [7, 11) is 1.72. The lowest BCUT2D eigenvalue weighted by atomic mass is 9.74. The number of carbonyl (C=O) groups is 1. The van der Waals surface area contributed by atoms with Gasteiger partial charge in [-0.25, -0.2) is 4.98 Å². The van der Waals surface area contributed by atoms with Crippen LogP contribution in [0.4, 0.5) is 5.95 Å². The summed E-state index contributed by atoms with van der Waals surface area (Å²) in [6, 6.07) is 8.30. The Hall–Kier alpha value is -3.09. The van der Waals surface area contributed by atoms with Gasteiger partial charge in [-0.05, 0) is 52.0 Å². The van der Waals surface area contributed by atoms with Crippen LogP contribution in [0.25, 0.3) is 0 Å². The quantitative estimate of drug-likeness (QED) is 0.494. The van der Waals surface area contributed by atoms with Crippen molar-refractivity contribution in [1.29, 1.82) is 0 Å². The van der Waals surface area contributed by atoms with E-state index in [1.54, 1.807) is 11.6 Å². The van der Waals surface area contributed by atoms with E-state index in [0.717, 1.165) is 30.5 Å². The molecule has 8 nitrogen and oxygen atoms in total. The van der Waals surface area contributed by atoms with Gasteiger partial charge in [0, 0.05) is 37.0 Å². The number of hydrogen-bond acceptors (Lipinski definition) is 6. The van der Waals surface area contributed by atoms with Crippen LogP contribution in [0.1, 0.15) is 56.7 Å². The Kier molecular flexibility index (Phi) is 6.45. The highest BCUT2D eigenvalue weighted by atomic mass is 32.2. The van der Waals surface area contributed by atoms with Gasteiger partial charge in [-0.2, -0.15) is 0 Å². The molecule has 5 rings (SSSR count). The molecule has 1 aromatic heterocycles. The van der Waals surface area contributed by atoms with Gasteiger partial charge in [-0.3, -0.25) is 14.2 Å². The third-order valence-electron chi connectivity index (χ3n) is 7.70. The highest BCUT2D eigenvalue weighted by Gasteiger charge is 2.47. The highest BCUT2D eigenvalue weighted by molar-refractivity contribution is 7.91. The van der Waals surface area contributed by atoms with E-state index in [0.29, 0.717) is 31.0 Å². The fraction of sp³-hybridized carbons (Fsp3) is 0.500. The Labute approximate surface area is 220 Å². The summed E-state index contributed by atoms with van der Waals surface area (Å²) in [5, 5.41) is 0. The number of anilines is 1. The van der Waals surface area contributed by atoms with Crippen LogP contribution in [0.3, 0.4) is 0 Å². The van der Waals surface area contributed by atoms with E-state index in [1.165, 1.54) is 11.8 Å². The second-order valence-electron chi connectivity index (χ2n) is 11.4. The number of hydrogen-bond donors (Lipinski definition) is 1. The first kappa shape index (κ1) is 25.6. The summed E-state index contributed by atoms with van der Waals surface area (Å²) in [4.78, 5) is 31.0. The van der Waals surface area contributed by atoms with Crippen LogP contribution in [-0.4, -0.2) is 43.6 Å². The smallest absolute Gasteiger partial charge is 0.270 e. The van der Waals surface area contributed by atoms with Crippen molar-refractivity contribution >= 4 is 28.9 Å². The monoisotopic (exact) mass is 519 g/mol. The predicted octanol–water partition coefficient (Wildman–Crippen LogP) is 2.35. The van der Waals surface area contributed by atoms with E-state index in [1.807, 2.05) is 32.9 Å². The van der Waals surface area contributed by atoms with Crippen LogP contribution in [0.15, 0.2) is 39.7 Å². The summed E-state index contributed by atoms with van der Waals surface area (Å²) >= 11 is -1.34. The molecule has 3 unspecified atom stereocenters. The standard InChI is InChI=1S/C28H33N5O3S/c1-27(2,3)37(36)31-23-21-8-6-5-7-19(21)16-28(23)11-13-33(14-12-28)26-30-17-20(25(35)32(26)4)10-9-18-15-22(18)24(29)34/h5-8,17-18,22H,11-16H2,1-4H3,(H2,29,34)/b31-23+. The number of nitrogens with two attached hydrogens (primary N) is 1. The molecule has 2 aliphatic carbocycles. The van der Waals surface area contributed by atoms with E-state index in [4.69, 9.17) is 10.1 Å². The number of benzene rings is 1. The number of piperidine rings is 1.